The highest BCUT2D eigenvalue weighted by Gasteiger charge is 2.21. The SMILES string of the molecule is CCCCCCC(NCC)c1c(C)c(Br)cc(C)c1OC. The highest BCUT2D eigenvalue weighted by molar-refractivity contribution is 9.10. The maximum Gasteiger partial charge on any atom is 0.126 e. The number of ether oxygens (including phenoxy) is 1. The minimum absolute atomic E-state index is 0.373. The lowest BCUT2D eigenvalue weighted by atomic mass is 9.93. The first kappa shape index (κ1) is 18.5. The first-order valence-electron chi connectivity index (χ1n) is 8.13. The quantitative estimate of drug-likeness (QED) is 0.574. The number of aryl methyl sites for hydroxylation is 1. The molecule has 0 saturated carbocycles. The topological polar surface area (TPSA) is 21.3 Å². The van der Waals surface area contributed by atoms with Crippen molar-refractivity contribution in [2.45, 2.75) is 65.8 Å². The Labute approximate surface area is 138 Å². The highest BCUT2D eigenvalue weighted by atomic mass is 79.9. The van der Waals surface area contributed by atoms with Gasteiger partial charge in [-0.2, -0.15) is 0 Å². The van der Waals surface area contributed by atoms with Gasteiger partial charge in [0, 0.05) is 16.1 Å². The van der Waals surface area contributed by atoms with Crippen LogP contribution in [0.2, 0.25) is 0 Å². The number of rotatable bonds is 9. The van der Waals surface area contributed by atoms with Crippen LogP contribution >= 0.6 is 15.9 Å². The van der Waals surface area contributed by atoms with Crippen molar-refractivity contribution in [1.29, 1.82) is 0 Å². The molecule has 0 bridgehead atoms. The maximum atomic E-state index is 5.71. The van der Waals surface area contributed by atoms with Crippen LogP contribution < -0.4 is 10.1 Å². The molecule has 1 rings (SSSR count). The second kappa shape index (κ2) is 9.47. The molecule has 1 aromatic carbocycles. The van der Waals surface area contributed by atoms with Crippen LogP contribution in [-0.2, 0) is 0 Å². The Morgan fingerprint density at radius 2 is 1.90 bits per heavy atom. The Bertz CT molecular complexity index is 445. The van der Waals surface area contributed by atoms with Gasteiger partial charge in [-0.3, -0.25) is 0 Å². The van der Waals surface area contributed by atoms with E-state index in [1.165, 1.54) is 53.3 Å². The van der Waals surface area contributed by atoms with E-state index in [0.717, 1.165) is 12.3 Å². The number of hydrogen-bond donors (Lipinski definition) is 1. The molecule has 0 aliphatic heterocycles. The predicted molar refractivity (Wildman–Crippen MR) is 95.3 cm³/mol. The van der Waals surface area contributed by atoms with Crippen LogP contribution in [0.3, 0.4) is 0 Å². The summed E-state index contributed by atoms with van der Waals surface area (Å²) in [6.45, 7) is 9.70. The van der Waals surface area contributed by atoms with E-state index < -0.39 is 0 Å². The molecule has 0 fully saturated rings. The van der Waals surface area contributed by atoms with Crippen molar-refractivity contribution in [1.82, 2.24) is 5.32 Å². The number of hydrogen-bond acceptors (Lipinski definition) is 2. The average Bonchev–Trinajstić information content (AvgIpc) is 2.46. The Morgan fingerprint density at radius 3 is 2.48 bits per heavy atom. The van der Waals surface area contributed by atoms with Crippen LogP contribution in [0.25, 0.3) is 0 Å². The van der Waals surface area contributed by atoms with E-state index in [9.17, 15) is 0 Å². The van der Waals surface area contributed by atoms with E-state index in [1.54, 1.807) is 7.11 Å². The van der Waals surface area contributed by atoms with Gasteiger partial charge >= 0.3 is 0 Å². The lowest BCUT2D eigenvalue weighted by Gasteiger charge is -2.25. The van der Waals surface area contributed by atoms with Crippen LogP contribution in [0, 0.1) is 13.8 Å². The molecule has 120 valence electrons. The number of benzene rings is 1. The van der Waals surface area contributed by atoms with E-state index in [1.807, 2.05) is 0 Å². The first-order chi connectivity index (χ1) is 10.1. The minimum Gasteiger partial charge on any atom is -0.496 e. The summed E-state index contributed by atoms with van der Waals surface area (Å²) in [5, 5.41) is 3.64. The molecular weight excluding hydrogens is 326 g/mol. The van der Waals surface area contributed by atoms with Crippen molar-refractivity contribution in [3.8, 4) is 5.75 Å². The summed E-state index contributed by atoms with van der Waals surface area (Å²) in [5.74, 6) is 1.04. The van der Waals surface area contributed by atoms with Crippen LogP contribution in [0.1, 0.15) is 68.7 Å². The third-order valence-electron chi connectivity index (χ3n) is 4.06. The fraction of sp³-hybridized carbons (Fsp3) is 0.667. The third-order valence-corrected chi connectivity index (χ3v) is 4.88. The van der Waals surface area contributed by atoms with Gasteiger partial charge in [0.25, 0.3) is 0 Å². The fourth-order valence-electron chi connectivity index (χ4n) is 2.94. The smallest absolute Gasteiger partial charge is 0.126 e. The zero-order valence-electron chi connectivity index (χ0n) is 14.2. The number of methoxy groups -OCH3 is 1. The molecule has 0 aromatic heterocycles. The molecule has 21 heavy (non-hydrogen) atoms. The summed E-state index contributed by atoms with van der Waals surface area (Å²) in [4.78, 5) is 0. The van der Waals surface area contributed by atoms with Crippen LogP contribution in [0.4, 0.5) is 0 Å². The Kier molecular flexibility index (Phi) is 8.35. The molecule has 2 nitrogen and oxygen atoms in total. The Hall–Kier alpha value is -0.540. The summed E-state index contributed by atoms with van der Waals surface area (Å²) in [5.41, 5.74) is 3.81. The van der Waals surface area contributed by atoms with Gasteiger partial charge in [-0.25, -0.2) is 0 Å². The van der Waals surface area contributed by atoms with Gasteiger partial charge < -0.3 is 10.1 Å². The molecular formula is C18H30BrNO. The van der Waals surface area contributed by atoms with E-state index in [4.69, 9.17) is 4.74 Å². The Balaban J connectivity index is 3.05. The van der Waals surface area contributed by atoms with Crippen molar-refractivity contribution >= 4 is 15.9 Å². The van der Waals surface area contributed by atoms with E-state index in [0.29, 0.717) is 6.04 Å². The maximum absolute atomic E-state index is 5.71. The molecule has 0 heterocycles. The molecule has 1 aromatic rings. The molecule has 0 spiro atoms. The van der Waals surface area contributed by atoms with Gasteiger partial charge in [-0.1, -0.05) is 55.5 Å². The normalized spacial score (nSPS) is 12.5. The van der Waals surface area contributed by atoms with E-state index in [-0.39, 0.29) is 0 Å². The van der Waals surface area contributed by atoms with Gasteiger partial charge in [-0.05, 0) is 44.0 Å². The van der Waals surface area contributed by atoms with Crippen molar-refractivity contribution in [2.24, 2.45) is 0 Å². The lowest BCUT2D eigenvalue weighted by molar-refractivity contribution is 0.389. The summed E-state index contributed by atoms with van der Waals surface area (Å²) in [7, 11) is 1.78. The monoisotopic (exact) mass is 355 g/mol. The molecule has 0 radical (unpaired) electrons. The van der Waals surface area contributed by atoms with Gasteiger partial charge in [0.2, 0.25) is 0 Å². The van der Waals surface area contributed by atoms with Crippen molar-refractivity contribution in [3.05, 3.63) is 27.2 Å². The first-order valence-corrected chi connectivity index (χ1v) is 8.93. The third kappa shape index (κ3) is 5.00. The molecule has 0 aliphatic rings. The highest BCUT2D eigenvalue weighted by Crippen LogP contribution is 2.38. The number of nitrogens with one attached hydrogen (secondary N) is 1. The predicted octanol–water partition coefficient (Wildman–Crippen LogP) is 5.70. The molecule has 0 amide bonds. The van der Waals surface area contributed by atoms with Crippen LogP contribution in [0.15, 0.2) is 10.5 Å². The second-order valence-corrected chi connectivity index (χ2v) is 6.56. The molecule has 3 heteroatoms. The molecule has 1 N–H and O–H groups in total. The van der Waals surface area contributed by atoms with Crippen molar-refractivity contribution in [2.75, 3.05) is 13.7 Å². The second-order valence-electron chi connectivity index (χ2n) is 5.71. The summed E-state index contributed by atoms with van der Waals surface area (Å²) in [6, 6.07) is 2.52. The van der Waals surface area contributed by atoms with Crippen LogP contribution in [-0.4, -0.2) is 13.7 Å². The van der Waals surface area contributed by atoms with Gasteiger partial charge in [0.15, 0.2) is 0 Å². The number of halogens is 1. The lowest BCUT2D eigenvalue weighted by Crippen LogP contribution is -2.23. The van der Waals surface area contributed by atoms with Gasteiger partial charge in [0.1, 0.15) is 5.75 Å². The van der Waals surface area contributed by atoms with Gasteiger partial charge in [-0.15, -0.1) is 0 Å². The average molecular weight is 356 g/mol. The number of unbranched alkanes of at least 4 members (excludes halogenated alkanes) is 3. The van der Waals surface area contributed by atoms with Crippen molar-refractivity contribution < 1.29 is 4.74 Å². The zero-order chi connectivity index (χ0) is 15.8. The summed E-state index contributed by atoms with van der Waals surface area (Å²) in [6.07, 6.45) is 6.35. The zero-order valence-corrected chi connectivity index (χ0v) is 15.8. The fourth-order valence-corrected chi connectivity index (χ4v) is 3.49. The van der Waals surface area contributed by atoms with E-state index in [2.05, 4.69) is 55.0 Å². The van der Waals surface area contributed by atoms with Crippen LogP contribution in [0.5, 0.6) is 5.75 Å². The largest absolute Gasteiger partial charge is 0.496 e. The minimum atomic E-state index is 0.373. The molecule has 0 saturated heterocycles. The summed E-state index contributed by atoms with van der Waals surface area (Å²) >= 11 is 3.69. The molecule has 1 atom stereocenters. The summed E-state index contributed by atoms with van der Waals surface area (Å²) < 4.78 is 6.88. The standard InChI is InChI=1S/C18H30BrNO/c1-6-8-9-10-11-16(20-7-2)17-14(4)15(19)12-13(3)18(17)21-5/h12,16,20H,6-11H2,1-5H3. The van der Waals surface area contributed by atoms with Crippen molar-refractivity contribution in [3.63, 3.8) is 0 Å². The molecule has 0 aliphatic carbocycles. The molecule has 1 unspecified atom stereocenters. The van der Waals surface area contributed by atoms with E-state index >= 15 is 0 Å². The Morgan fingerprint density at radius 1 is 1.19 bits per heavy atom. The van der Waals surface area contributed by atoms with Gasteiger partial charge in [0.05, 0.1) is 7.11 Å².